The van der Waals surface area contributed by atoms with Gasteiger partial charge in [0.2, 0.25) is 21.8 Å². The van der Waals surface area contributed by atoms with Gasteiger partial charge in [0.25, 0.3) is 5.69 Å². The van der Waals surface area contributed by atoms with Gasteiger partial charge in [-0.2, -0.15) is 0 Å². The SMILES string of the molecule is CC(C)CNC(=O)C(C)N(CCc1ccccc1)C(=O)CN(c1cccc([N+](=O)[O-])c1)S(C)(=O)=O. The molecule has 0 radical (unpaired) electrons. The Kier molecular flexibility index (Phi) is 9.76. The number of non-ortho nitro benzene ring substituents is 1. The van der Waals surface area contributed by atoms with Gasteiger partial charge in [-0.3, -0.25) is 24.0 Å². The zero-order valence-electron chi connectivity index (χ0n) is 20.4. The van der Waals surface area contributed by atoms with E-state index in [0.29, 0.717) is 13.0 Å². The van der Waals surface area contributed by atoms with Crippen LogP contribution in [0.15, 0.2) is 54.6 Å². The maximum atomic E-state index is 13.4. The number of nitro benzene ring substituents is 1. The van der Waals surface area contributed by atoms with Crippen molar-refractivity contribution < 1.29 is 22.9 Å². The normalized spacial score (nSPS) is 12.1. The number of sulfonamides is 1. The fourth-order valence-corrected chi connectivity index (χ4v) is 4.24. The molecule has 35 heavy (non-hydrogen) atoms. The minimum atomic E-state index is -3.96. The predicted octanol–water partition coefficient (Wildman–Crippen LogP) is 2.59. The number of hydrogen-bond donors (Lipinski definition) is 1. The molecule has 0 aliphatic rings. The standard InChI is InChI=1S/C24H32N4O6S/c1-18(2)16-25-24(30)19(3)26(14-13-20-9-6-5-7-10-20)23(29)17-27(35(4,33)34)21-11-8-12-22(15-21)28(31)32/h5-12,15,18-19H,13-14,16-17H2,1-4H3,(H,25,30). The van der Waals surface area contributed by atoms with Crippen molar-refractivity contribution >= 4 is 33.2 Å². The molecule has 10 nitrogen and oxygen atoms in total. The Bertz CT molecular complexity index is 1140. The van der Waals surface area contributed by atoms with Crippen LogP contribution in [0.25, 0.3) is 0 Å². The lowest BCUT2D eigenvalue weighted by Crippen LogP contribution is -2.52. The molecular formula is C24H32N4O6S. The van der Waals surface area contributed by atoms with Crippen LogP contribution in [0.3, 0.4) is 0 Å². The molecule has 2 aromatic carbocycles. The summed E-state index contributed by atoms with van der Waals surface area (Å²) in [5.41, 5.74) is 0.652. The number of rotatable bonds is 12. The van der Waals surface area contributed by atoms with Crippen molar-refractivity contribution in [1.29, 1.82) is 0 Å². The monoisotopic (exact) mass is 504 g/mol. The molecule has 1 N–H and O–H groups in total. The van der Waals surface area contributed by atoms with Gasteiger partial charge in [0.05, 0.1) is 16.9 Å². The zero-order chi connectivity index (χ0) is 26.2. The highest BCUT2D eigenvalue weighted by atomic mass is 32.2. The summed E-state index contributed by atoms with van der Waals surface area (Å²) >= 11 is 0. The first-order valence-electron chi connectivity index (χ1n) is 11.2. The molecule has 0 aromatic heterocycles. The highest BCUT2D eigenvalue weighted by Crippen LogP contribution is 2.23. The summed E-state index contributed by atoms with van der Waals surface area (Å²) < 4.78 is 25.9. The summed E-state index contributed by atoms with van der Waals surface area (Å²) in [7, 11) is -3.96. The van der Waals surface area contributed by atoms with Gasteiger partial charge in [0.1, 0.15) is 12.6 Å². The van der Waals surface area contributed by atoms with E-state index in [0.717, 1.165) is 22.2 Å². The number of hydrogen-bond acceptors (Lipinski definition) is 6. The Morgan fingerprint density at radius 1 is 1.06 bits per heavy atom. The lowest BCUT2D eigenvalue weighted by Gasteiger charge is -2.31. The van der Waals surface area contributed by atoms with E-state index in [1.807, 2.05) is 44.2 Å². The molecule has 1 unspecified atom stereocenters. The van der Waals surface area contributed by atoms with E-state index < -0.39 is 33.4 Å². The average molecular weight is 505 g/mol. The fourth-order valence-electron chi connectivity index (χ4n) is 3.40. The summed E-state index contributed by atoms with van der Waals surface area (Å²) in [4.78, 5) is 38.0. The van der Waals surface area contributed by atoms with E-state index in [2.05, 4.69) is 5.32 Å². The van der Waals surface area contributed by atoms with Gasteiger partial charge in [0.15, 0.2) is 0 Å². The van der Waals surface area contributed by atoms with Gasteiger partial charge in [-0.05, 0) is 30.9 Å². The quantitative estimate of drug-likeness (QED) is 0.349. The molecule has 1 atom stereocenters. The van der Waals surface area contributed by atoms with Crippen molar-refractivity contribution in [2.45, 2.75) is 33.2 Å². The third-order valence-electron chi connectivity index (χ3n) is 5.34. The summed E-state index contributed by atoms with van der Waals surface area (Å²) in [6.07, 6.45) is 1.39. The Morgan fingerprint density at radius 3 is 2.29 bits per heavy atom. The third-order valence-corrected chi connectivity index (χ3v) is 6.48. The molecule has 2 rings (SSSR count). The van der Waals surface area contributed by atoms with Crippen molar-refractivity contribution in [2.75, 3.05) is 30.2 Å². The van der Waals surface area contributed by atoms with Crippen LogP contribution in [-0.4, -0.2) is 62.0 Å². The molecule has 2 aromatic rings. The number of carbonyl (C=O) groups excluding carboxylic acids is 2. The van der Waals surface area contributed by atoms with Crippen LogP contribution in [0.2, 0.25) is 0 Å². The number of amides is 2. The van der Waals surface area contributed by atoms with E-state index in [9.17, 15) is 28.1 Å². The first-order valence-corrected chi connectivity index (χ1v) is 13.1. The van der Waals surface area contributed by atoms with Crippen molar-refractivity contribution in [1.82, 2.24) is 10.2 Å². The second-order valence-electron chi connectivity index (χ2n) is 8.68. The summed E-state index contributed by atoms with van der Waals surface area (Å²) in [6.45, 7) is 5.52. The van der Waals surface area contributed by atoms with E-state index in [1.165, 1.54) is 23.1 Å². The second kappa shape index (κ2) is 12.3. The smallest absolute Gasteiger partial charge is 0.271 e. The van der Waals surface area contributed by atoms with Crippen molar-refractivity contribution in [3.8, 4) is 0 Å². The van der Waals surface area contributed by atoms with Crippen molar-refractivity contribution in [3.05, 3.63) is 70.3 Å². The van der Waals surface area contributed by atoms with Crippen LogP contribution in [0.5, 0.6) is 0 Å². The Labute approximate surface area is 206 Å². The third kappa shape index (κ3) is 8.36. The van der Waals surface area contributed by atoms with Crippen molar-refractivity contribution in [2.24, 2.45) is 5.92 Å². The second-order valence-corrected chi connectivity index (χ2v) is 10.6. The number of nitrogens with zero attached hydrogens (tertiary/aromatic N) is 3. The van der Waals surface area contributed by atoms with Crippen LogP contribution in [0.1, 0.15) is 26.3 Å². The molecule has 0 spiro atoms. The maximum Gasteiger partial charge on any atom is 0.271 e. The summed E-state index contributed by atoms with van der Waals surface area (Å²) in [5, 5.41) is 14.0. The topological polar surface area (TPSA) is 130 Å². The summed E-state index contributed by atoms with van der Waals surface area (Å²) in [6, 6.07) is 13.6. The Morgan fingerprint density at radius 2 is 1.71 bits per heavy atom. The Balaban J connectivity index is 2.33. The number of carbonyl (C=O) groups is 2. The van der Waals surface area contributed by atoms with Gasteiger partial charge in [-0.25, -0.2) is 8.42 Å². The number of benzene rings is 2. The van der Waals surface area contributed by atoms with Gasteiger partial charge in [-0.15, -0.1) is 0 Å². The van der Waals surface area contributed by atoms with E-state index >= 15 is 0 Å². The largest absolute Gasteiger partial charge is 0.354 e. The predicted molar refractivity (Wildman–Crippen MR) is 134 cm³/mol. The lowest BCUT2D eigenvalue weighted by molar-refractivity contribution is -0.384. The molecule has 11 heteroatoms. The highest BCUT2D eigenvalue weighted by molar-refractivity contribution is 7.92. The number of anilines is 1. The molecule has 2 amide bonds. The molecule has 0 saturated heterocycles. The van der Waals surface area contributed by atoms with E-state index in [4.69, 9.17) is 0 Å². The van der Waals surface area contributed by atoms with E-state index in [-0.39, 0.29) is 29.7 Å². The maximum absolute atomic E-state index is 13.4. The van der Waals surface area contributed by atoms with Crippen LogP contribution >= 0.6 is 0 Å². The molecular weight excluding hydrogens is 472 g/mol. The van der Waals surface area contributed by atoms with Crippen LogP contribution in [0, 0.1) is 16.0 Å². The number of nitro groups is 1. The minimum Gasteiger partial charge on any atom is -0.354 e. The molecule has 0 bridgehead atoms. The fraction of sp³-hybridized carbons (Fsp3) is 0.417. The van der Waals surface area contributed by atoms with Gasteiger partial charge >= 0.3 is 0 Å². The highest BCUT2D eigenvalue weighted by Gasteiger charge is 2.30. The van der Waals surface area contributed by atoms with Gasteiger partial charge in [-0.1, -0.05) is 50.2 Å². The zero-order valence-corrected chi connectivity index (χ0v) is 21.2. The first kappa shape index (κ1) is 27.8. The molecule has 0 fully saturated rings. The molecule has 0 heterocycles. The Hall–Kier alpha value is -3.47. The minimum absolute atomic E-state index is 0.00466. The molecule has 0 saturated carbocycles. The van der Waals surface area contributed by atoms with Crippen LogP contribution in [0.4, 0.5) is 11.4 Å². The molecule has 190 valence electrons. The average Bonchev–Trinajstić information content (AvgIpc) is 2.80. The van der Waals surface area contributed by atoms with E-state index in [1.54, 1.807) is 6.92 Å². The van der Waals surface area contributed by atoms with Crippen molar-refractivity contribution in [3.63, 3.8) is 0 Å². The van der Waals surface area contributed by atoms with Crippen LogP contribution < -0.4 is 9.62 Å². The molecule has 0 aliphatic carbocycles. The van der Waals surface area contributed by atoms with Gasteiger partial charge < -0.3 is 10.2 Å². The lowest BCUT2D eigenvalue weighted by atomic mass is 10.1. The summed E-state index contributed by atoms with van der Waals surface area (Å²) in [5.74, 6) is -0.722. The number of nitrogens with one attached hydrogen (secondary N) is 1. The van der Waals surface area contributed by atoms with Crippen LogP contribution in [-0.2, 0) is 26.0 Å². The van der Waals surface area contributed by atoms with Gasteiger partial charge in [0, 0.05) is 25.2 Å². The molecule has 0 aliphatic heterocycles. The first-order chi connectivity index (χ1) is 16.4.